The SMILES string of the molecule is CC(C)c1cc(-c2cn(CCN3CCC3)c(C3CCN(c4ncnc(N)c4OCC(F)(F)F)CC3)n2)ccn1. The van der Waals surface area contributed by atoms with Crippen LogP contribution in [0.5, 0.6) is 5.75 Å². The van der Waals surface area contributed by atoms with Crippen molar-refractivity contribution in [3.8, 4) is 17.0 Å². The monoisotopic (exact) mass is 544 g/mol. The zero-order valence-corrected chi connectivity index (χ0v) is 22.4. The van der Waals surface area contributed by atoms with Gasteiger partial charge < -0.3 is 24.8 Å². The van der Waals surface area contributed by atoms with Gasteiger partial charge in [-0.15, -0.1) is 0 Å². The summed E-state index contributed by atoms with van der Waals surface area (Å²) in [5.74, 6) is 1.65. The minimum atomic E-state index is -4.48. The van der Waals surface area contributed by atoms with Gasteiger partial charge in [0.15, 0.2) is 18.2 Å². The Morgan fingerprint density at radius 1 is 1.08 bits per heavy atom. The second-order valence-electron chi connectivity index (χ2n) is 10.6. The van der Waals surface area contributed by atoms with E-state index in [2.05, 4.69) is 50.5 Å². The number of pyridine rings is 1. The van der Waals surface area contributed by atoms with Crippen LogP contribution in [0.2, 0.25) is 0 Å². The van der Waals surface area contributed by atoms with Gasteiger partial charge in [0.1, 0.15) is 12.2 Å². The lowest BCUT2D eigenvalue weighted by molar-refractivity contribution is -0.153. The number of anilines is 2. The normalized spacial score (nSPS) is 17.0. The molecule has 2 saturated heterocycles. The second kappa shape index (κ2) is 11.4. The molecule has 9 nitrogen and oxygen atoms in total. The van der Waals surface area contributed by atoms with E-state index in [-0.39, 0.29) is 17.5 Å². The molecule has 2 fully saturated rings. The fourth-order valence-electron chi connectivity index (χ4n) is 5.10. The van der Waals surface area contributed by atoms with E-state index in [0.717, 1.165) is 61.8 Å². The van der Waals surface area contributed by atoms with Crippen LogP contribution >= 0.6 is 0 Å². The van der Waals surface area contributed by atoms with Crippen LogP contribution in [0.3, 0.4) is 0 Å². The van der Waals surface area contributed by atoms with Crippen molar-refractivity contribution in [1.29, 1.82) is 0 Å². The van der Waals surface area contributed by atoms with Crippen molar-refractivity contribution in [2.45, 2.75) is 57.7 Å². The molecule has 210 valence electrons. The van der Waals surface area contributed by atoms with Crippen molar-refractivity contribution in [3.63, 3.8) is 0 Å². The van der Waals surface area contributed by atoms with E-state index in [1.54, 1.807) is 0 Å². The summed E-state index contributed by atoms with van der Waals surface area (Å²) in [4.78, 5) is 22.0. The van der Waals surface area contributed by atoms with Crippen molar-refractivity contribution in [2.75, 3.05) is 50.0 Å². The van der Waals surface area contributed by atoms with Gasteiger partial charge in [0.2, 0.25) is 5.75 Å². The van der Waals surface area contributed by atoms with Gasteiger partial charge in [-0.3, -0.25) is 4.98 Å². The number of hydrogen-bond acceptors (Lipinski definition) is 8. The van der Waals surface area contributed by atoms with Crippen molar-refractivity contribution in [2.24, 2.45) is 0 Å². The Kier molecular flexibility index (Phi) is 7.92. The number of nitrogens with two attached hydrogens (primary N) is 1. The summed E-state index contributed by atoms with van der Waals surface area (Å²) < 4.78 is 45.7. The third-order valence-electron chi connectivity index (χ3n) is 7.43. The fraction of sp³-hybridized carbons (Fsp3) is 0.556. The number of rotatable bonds is 9. The average molecular weight is 545 g/mol. The third-order valence-corrected chi connectivity index (χ3v) is 7.43. The van der Waals surface area contributed by atoms with Crippen LogP contribution in [0.15, 0.2) is 30.9 Å². The Hall–Kier alpha value is -3.41. The molecule has 0 spiro atoms. The number of likely N-dealkylation sites (tertiary alicyclic amines) is 1. The molecule has 0 unspecified atom stereocenters. The molecule has 39 heavy (non-hydrogen) atoms. The Bertz CT molecular complexity index is 1270. The van der Waals surface area contributed by atoms with E-state index < -0.39 is 12.8 Å². The number of imidazole rings is 1. The van der Waals surface area contributed by atoms with Crippen molar-refractivity contribution < 1.29 is 17.9 Å². The molecule has 5 rings (SSSR count). The molecule has 5 heterocycles. The first-order valence-electron chi connectivity index (χ1n) is 13.5. The maximum absolute atomic E-state index is 12.8. The lowest BCUT2D eigenvalue weighted by Gasteiger charge is -2.34. The van der Waals surface area contributed by atoms with Crippen LogP contribution in [0.4, 0.5) is 24.8 Å². The molecule has 0 amide bonds. The van der Waals surface area contributed by atoms with Gasteiger partial charge in [-0.25, -0.2) is 15.0 Å². The highest BCUT2D eigenvalue weighted by molar-refractivity contribution is 5.63. The van der Waals surface area contributed by atoms with Crippen LogP contribution in [0.1, 0.15) is 56.5 Å². The Morgan fingerprint density at radius 2 is 1.85 bits per heavy atom. The second-order valence-corrected chi connectivity index (χ2v) is 10.6. The highest BCUT2D eigenvalue weighted by Gasteiger charge is 2.32. The summed E-state index contributed by atoms with van der Waals surface area (Å²) in [6.45, 7) is 8.10. The van der Waals surface area contributed by atoms with Crippen LogP contribution in [-0.2, 0) is 6.54 Å². The topological polar surface area (TPSA) is 98.2 Å². The minimum absolute atomic E-state index is 0.101. The molecule has 2 N–H and O–H groups in total. The molecular formula is C27H35F3N8O. The summed E-state index contributed by atoms with van der Waals surface area (Å²) in [6.07, 6.45) is 3.56. The highest BCUT2D eigenvalue weighted by Crippen LogP contribution is 2.37. The summed E-state index contributed by atoms with van der Waals surface area (Å²) in [5.41, 5.74) is 8.89. The number of alkyl halides is 3. The van der Waals surface area contributed by atoms with Crippen LogP contribution in [0.25, 0.3) is 11.3 Å². The van der Waals surface area contributed by atoms with Crippen LogP contribution in [-0.4, -0.2) is 74.9 Å². The van der Waals surface area contributed by atoms with E-state index in [4.69, 9.17) is 15.5 Å². The minimum Gasteiger partial charge on any atom is -0.477 e. The number of ether oxygens (including phenoxy) is 1. The average Bonchev–Trinajstić information content (AvgIpc) is 3.31. The van der Waals surface area contributed by atoms with Gasteiger partial charge in [0.25, 0.3) is 0 Å². The lowest BCUT2D eigenvalue weighted by Crippen LogP contribution is -2.39. The first-order valence-corrected chi connectivity index (χ1v) is 13.5. The van der Waals surface area contributed by atoms with E-state index in [1.807, 2.05) is 17.2 Å². The molecule has 0 saturated carbocycles. The first-order chi connectivity index (χ1) is 18.7. The molecule has 0 bridgehead atoms. The summed E-state index contributed by atoms with van der Waals surface area (Å²) in [5, 5.41) is 0. The lowest BCUT2D eigenvalue weighted by atomic mass is 9.95. The Balaban J connectivity index is 1.35. The van der Waals surface area contributed by atoms with Gasteiger partial charge in [-0.1, -0.05) is 13.8 Å². The molecule has 2 aliphatic rings. The third kappa shape index (κ3) is 6.43. The molecule has 3 aromatic rings. The standard InChI is InChI=1S/C27H35F3N8O/c1-18(2)21-14-20(4-7-32-21)22-15-38(13-12-36-8-3-9-36)25(35-22)19-5-10-37(11-6-19)26-23(24(31)33-17-34-26)39-16-27(28,29)30/h4,7,14-15,17-19H,3,5-6,8-13,16H2,1-2H3,(H2,31,33,34). The number of piperidine rings is 1. The summed E-state index contributed by atoms with van der Waals surface area (Å²) >= 11 is 0. The molecule has 12 heteroatoms. The van der Waals surface area contributed by atoms with E-state index >= 15 is 0 Å². The smallest absolute Gasteiger partial charge is 0.422 e. The van der Waals surface area contributed by atoms with E-state index in [9.17, 15) is 13.2 Å². The first kappa shape index (κ1) is 27.2. The molecule has 3 aromatic heterocycles. The van der Waals surface area contributed by atoms with Gasteiger partial charge in [-0.05, 0) is 50.4 Å². The van der Waals surface area contributed by atoms with Crippen molar-refractivity contribution >= 4 is 11.6 Å². The summed E-state index contributed by atoms with van der Waals surface area (Å²) in [7, 11) is 0. The predicted molar refractivity (Wildman–Crippen MR) is 143 cm³/mol. The zero-order valence-electron chi connectivity index (χ0n) is 22.4. The molecule has 2 aliphatic heterocycles. The van der Waals surface area contributed by atoms with Crippen molar-refractivity contribution in [3.05, 3.63) is 42.4 Å². The number of halogens is 3. The van der Waals surface area contributed by atoms with E-state index in [1.165, 1.54) is 12.7 Å². The molecule has 0 radical (unpaired) electrons. The molecular weight excluding hydrogens is 509 g/mol. The number of hydrogen-bond donors (Lipinski definition) is 1. The quantitative estimate of drug-likeness (QED) is 0.421. The van der Waals surface area contributed by atoms with Crippen LogP contribution < -0.4 is 15.4 Å². The number of aromatic nitrogens is 5. The van der Waals surface area contributed by atoms with Crippen molar-refractivity contribution in [1.82, 2.24) is 29.4 Å². The largest absolute Gasteiger partial charge is 0.477 e. The van der Waals surface area contributed by atoms with Gasteiger partial charge in [-0.2, -0.15) is 13.2 Å². The zero-order chi connectivity index (χ0) is 27.6. The Labute approximate surface area is 226 Å². The molecule has 0 aromatic carbocycles. The van der Waals surface area contributed by atoms with Gasteiger partial charge in [0.05, 0.1) is 5.69 Å². The number of nitrogens with zero attached hydrogens (tertiary/aromatic N) is 7. The van der Waals surface area contributed by atoms with E-state index in [0.29, 0.717) is 24.8 Å². The maximum Gasteiger partial charge on any atom is 0.422 e. The molecule has 0 aliphatic carbocycles. The van der Waals surface area contributed by atoms with Gasteiger partial charge in [0, 0.05) is 55.7 Å². The number of nitrogen functional groups attached to an aromatic ring is 1. The maximum atomic E-state index is 12.8. The van der Waals surface area contributed by atoms with Crippen LogP contribution in [0, 0.1) is 0 Å². The Morgan fingerprint density at radius 3 is 2.51 bits per heavy atom. The predicted octanol–water partition coefficient (Wildman–Crippen LogP) is 4.47. The summed E-state index contributed by atoms with van der Waals surface area (Å²) in [6, 6.07) is 4.11. The fourth-order valence-corrected chi connectivity index (χ4v) is 5.10. The van der Waals surface area contributed by atoms with Gasteiger partial charge >= 0.3 is 6.18 Å². The highest BCUT2D eigenvalue weighted by atomic mass is 19.4. The molecule has 0 atom stereocenters.